The van der Waals surface area contributed by atoms with Crippen LogP contribution in [0.3, 0.4) is 0 Å². The topological polar surface area (TPSA) is 115 Å². The minimum absolute atomic E-state index is 0.180. The SMILES string of the molecule is Cc1csc(CN(C)C(=O)c2cccc(C(=O)N[C@@H](Cc3ccccc3)[C@H](O)CNCc3cccc(O)c3)c2)n1. The van der Waals surface area contributed by atoms with Gasteiger partial charge in [0.25, 0.3) is 11.8 Å². The molecule has 1 aromatic heterocycles. The number of carbonyl (C=O) groups excluding carboxylic acids is 2. The zero-order chi connectivity index (χ0) is 28.5. The number of carbonyl (C=O) groups is 2. The summed E-state index contributed by atoms with van der Waals surface area (Å²) >= 11 is 1.50. The number of hydrogen-bond donors (Lipinski definition) is 4. The first-order valence-electron chi connectivity index (χ1n) is 13.1. The molecule has 0 radical (unpaired) electrons. The fraction of sp³-hybridized carbons (Fsp3) is 0.258. The third kappa shape index (κ3) is 8.22. The molecule has 0 aliphatic carbocycles. The van der Waals surface area contributed by atoms with Crippen LogP contribution in [0.15, 0.2) is 84.2 Å². The summed E-state index contributed by atoms with van der Waals surface area (Å²) in [5.41, 5.74) is 3.51. The van der Waals surface area contributed by atoms with Crippen LogP contribution < -0.4 is 10.6 Å². The number of phenolic OH excluding ortho intramolecular Hbond substituents is 1. The van der Waals surface area contributed by atoms with Gasteiger partial charge in [0.05, 0.1) is 18.7 Å². The lowest BCUT2D eigenvalue weighted by molar-refractivity contribution is 0.0784. The third-order valence-electron chi connectivity index (χ3n) is 6.43. The fourth-order valence-electron chi connectivity index (χ4n) is 4.34. The molecule has 0 aliphatic rings. The predicted molar refractivity (Wildman–Crippen MR) is 156 cm³/mol. The maximum absolute atomic E-state index is 13.3. The Morgan fingerprint density at radius 2 is 1.70 bits per heavy atom. The molecule has 8 nitrogen and oxygen atoms in total. The molecule has 2 atom stereocenters. The Bertz CT molecular complexity index is 1430. The standard InChI is InChI=1S/C31H34N4O4S/c1-21-20-40-29(33-21)19-35(2)31(39)25-12-7-11-24(16-25)30(38)34-27(15-22-8-4-3-5-9-22)28(37)18-32-17-23-10-6-13-26(36)14-23/h3-14,16,20,27-28,32,36-37H,15,17-19H2,1-2H3,(H,34,38)/t27-,28+/m0/s1. The van der Waals surface area contributed by atoms with Gasteiger partial charge in [-0.2, -0.15) is 0 Å². The number of benzene rings is 3. The Kier molecular flexibility index (Phi) is 10.0. The van der Waals surface area contributed by atoms with E-state index in [0.29, 0.717) is 30.6 Å². The summed E-state index contributed by atoms with van der Waals surface area (Å²) in [7, 11) is 1.71. The van der Waals surface area contributed by atoms with E-state index in [1.807, 2.05) is 48.7 Å². The lowest BCUT2D eigenvalue weighted by Crippen LogP contribution is -2.48. The van der Waals surface area contributed by atoms with Gasteiger partial charge < -0.3 is 25.7 Å². The van der Waals surface area contributed by atoms with E-state index in [2.05, 4.69) is 15.6 Å². The fourth-order valence-corrected chi connectivity index (χ4v) is 5.16. The molecule has 4 N–H and O–H groups in total. The summed E-state index contributed by atoms with van der Waals surface area (Å²) in [6.45, 7) is 2.98. The van der Waals surface area contributed by atoms with Crippen LogP contribution in [0.2, 0.25) is 0 Å². The molecule has 0 saturated carbocycles. The second-order valence-electron chi connectivity index (χ2n) is 9.76. The second-order valence-corrected chi connectivity index (χ2v) is 10.7. The first-order valence-corrected chi connectivity index (χ1v) is 13.9. The van der Waals surface area contributed by atoms with Crippen molar-refractivity contribution in [2.45, 2.75) is 38.6 Å². The molecular weight excluding hydrogens is 524 g/mol. The summed E-state index contributed by atoms with van der Waals surface area (Å²) in [6.07, 6.45) is -0.463. The molecule has 0 unspecified atom stereocenters. The number of phenols is 1. The van der Waals surface area contributed by atoms with E-state index in [-0.39, 0.29) is 24.1 Å². The van der Waals surface area contributed by atoms with Crippen molar-refractivity contribution in [3.63, 3.8) is 0 Å². The van der Waals surface area contributed by atoms with Crippen LogP contribution in [0.1, 0.15) is 42.5 Å². The maximum atomic E-state index is 13.3. The normalized spacial score (nSPS) is 12.5. The number of aryl methyl sites for hydroxylation is 1. The zero-order valence-electron chi connectivity index (χ0n) is 22.6. The van der Waals surface area contributed by atoms with Gasteiger partial charge in [-0.1, -0.05) is 48.5 Å². The van der Waals surface area contributed by atoms with Gasteiger partial charge >= 0.3 is 0 Å². The maximum Gasteiger partial charge on any atom is 0.253 e. The molecule has 0 aliphatic heterocycles. The molecule has 3 aromatic carbocycles. The molecule has 40 heavy (non-hydrogen) atoms. The van der Waals surface area contributed by atoms with E-state index >= 15 is 0 Å². The molecule has 1 heterocycles. The highest BCUT2D eigenvalue weighted by Crippen LogP contribution is 2.15. The van der Waals surface area contributed by atoms with E-state index in [0.717, 1.165) is 21.8 Å². The first kappa shape index (κ1) is 28.9. The monoisotopic (exact) mass is 558 g/mol. The van der Waals surface area contributed by atoms with Crippen molar-refractivity contribution in [2.24, 2.45) is 0 Å². The van der Waals surface area contributed by atoms with Crippen LogP contribution in [0, 0.1) is 6.92 Å². The molecule has 208 valence electrons. The van der Waals surface area contributed by atoms with Gasteiger partial charge in [0.15, 0.2) is 0 Å². The Morgan fingerprint density at radius 3 is 2.42 bits per heavy atom. The molecule has 4 aromatic rings. The third-order valence-corrected chi connectivity index (χ3v) is 7.38. The number of thiazole rings is 1. The average Bonchev–Trinajstić information content (AvgIpc) is 3.37. The molecule has 4 rings (SSSR count). The van der Waals surface area contributed by atoms with Gasteiger partial charge in [0, 0.05) is 42.3 Å². The van der Waals surface area contributed by atoms with E-state index in [1.165, 1.54) is 11.3 Å². The molecule has 9 heteroatoms. The highest BCUT2D eigenvalue weighted by Gasteiger charge is 2.23. The average molecular weight is 559 g/mol. The van der Waals surface area contributed by atoms with Crippen LogP contribution in [-0.4, -0.2) is 57.6 Å². The van der Waals surface area contributed by atoms with Crippen LogP contribution in [-0.2, 0) is 19.5 Å². The summed E-state index contributed by atoms with van der Waals surface area (Å²) in [6, 6.07) is 22.6. The highest BCUT2D eigenvalue weighted by molar-refractivity contribution is 7.09. The molecule has 2 amide bonds. The number of rotatable bonds is 12. The van der Waals surface area contributed by atoms with Gasteiger partial charge in [-0.25, -0.2) is 4.98 Å². The van der Waals surface area contributed by atoms with Crippen LogP contribution in [0.5, 0.6) is 5.75 Å². The van der Waals surface area contributed by atoms with Gasteiger partial charge in [0.1, 0.15) is 10.8 Å². The van der Waals surface area contributed by atoms with E-state index in [1.54, 1.807) is 54.4 Å². The molecular formula is C31H34N4O4S. The number of aliphatic hydroxyl groups is 1. The van der Waals surface area contributed by atoms with Crippen molar-refractivity contribution in [1.82, 2.24) is 20.5 Å². The van der Waals surface area contributed by atoms with Crippen molar-refractivity contribution >= 4 is 23.2 Å². The second kappa shape index (κ2) is 13.8. The molecule has 0 bridgehead atoms. The van der Waals surface area contributed by atoms with Gasteiger partial charge in [-0.3, -0.25) is 9.59 Å². The van der Waals surface area contributed by atoms with Gasteiger partial charge in [0.2, 0.25) is 0 Å². The number of amides is 2. The lowest BCUT2D eigenvalue weighted by atomic mass is 10.00. The van der Waals surface area contributed by atoms with E-state index < -0.39 is 12.1 Å². The molecule has 0 spiro atoms. The smallest absolute Gasteiger partial charge is 0.253 e. The summed E-state index contributed by atoms with van der Waals surface area (Å²) < 4.78 is 0. The van der Waals surface area contributed by atoms with E-state index in [9.17, 15) is 19.8 Å². The largest absolute Gasteiger partial charge is 0.508 e. The summed E-state index contributed by atoms with van der Waals surface area (Å²) in [5, 5.41) is 29.7. The van der Waals surface area contributed by atoms with E-state index in [4.69, 9.17) is 0 Å². The summed E-state index contributed by atoms with van der Waals surface area (Å²) in [5.74, 6) is -0.403. The number of aliphatic hydroxyl groups excluding tert-OH is 1. The van der Waals surface area contributed by atoms with Crippen LogP contribution >= 0.6 is 11.3 Å². The van der Waals surface area contributed by atoms with Crippen molar-refractivity contribution in [1.29, 1.82) is 0 Å². The van der Waals surface area contributed by atoms with Gasteiger partial charge in [-0.15, -0.1) is 11.3 Å². The quantitative estimate of drug-likeness (QED) is 0.210. The van der Waals surface area contributed by atoms with Crippen molar-refractivity contribution < 1.29 is 19.8 Å². The highest BCUT2D eigenvalue weighted by atomic mass is 32.1. The number of nitrogens with one attached hydrogen (secondary N) is 2. The number of nitrogens with zero attached hydrogens (tertiary/aromatic N) is 2. The Hall–Kier alpha value is -4.05. The van der Waals surface area contributed by atoms with Crippen molar-refractivity contribution in [3.8, 4) is 5.75 Å². The van der Waals surface area contributed by atoms with Crippen molar-refractivity contribution in [2.75, 3.05) is 13.6 Å². The lowest BCUT2D eigenvalue weighted by Gasteiger charge is -2.25. The zero-order valence-corrected chi connectivity index (χ0v) is 23.4. The minimum atomic E-state index is -0.890. The number of aromatic nitrogens is 1. The predicted octanol–water partition coefficient (Wildman–Crippen LogP) is 3.92. The summed E-state index contributed by atoms with van der Waals surface area (Å²) in [4.78, 5) is 32.4. The number of hydrogen-bond acceptors (Lipinski definition) is 7. The Balaban J connectivity index is 1.42. The number of aromatic hydroxyl groups is 1. The Morgan fingerprint density at radius 1 is 0.975 bits per heavy atom. The van der Waals surface area contributed by atoms with Crippen molar-refractivity contribution in [3.05, 3.63) is 117 Å². The molecule has 0 fully saturated rings. The molecule has 0 saturated heterocycles. The first-order chi connectivity index (χ1) is 19.3. The van der Waals surface area contributed by atoms with Crippen LogP contribution in [0.4, 0.5) is 0 Å². The Labute approximate surface area is 238 Å². The van der Waals surface area contributed by atoms with Gasteiger partial charge in [-0.05, 0) is 54.8 Å². The minimum Gasteiger partial charge on any atom is -0.508 e. The van der Waals surface area contributed by atoms with Crippen LogP contribution in [0.25, 0.3) is 0 Å².